The molecule has 0 aromatic heterocycles. The number of ether oxygens (including phenoxy) is 3. The molecule has 2 aromatic carbocycles. The molecule has 2 N–H and O–H groups in total. The summed E-state index contributed by atoms with van der Waals surface area (Å²) in [6, 6.07) is 9.88. The highest BCUT2D eigenvalue weighted by Gasteiger charge is 2.24. The molecule has 0 bridgehead atoms. The van der Waals surface area contributed by atoms with Crippen LogP contribution in [-0.2, 0) is 4.79 Å². The van der Waals surface area contributed by atoms with E-state index in [1.807, 2.05) is 0 Å². The lowest BCUT2D eigenvalue weighted by Gasteiger charge is -2.23. The molecule has 158 valence electrons. The van der Waals surface area contributed by atoms with Gasteiger partial charge in [-0.2, -0.15) is 0 Å². The van der Waals surface area contributed by atoms with Crippen LogP contribution in [0.25, 0.3) is 0 Å². The first-order valence-electron chi connectivity index (χ1n) is 8.74. The molecule has 0 spiro atoms. The smallest absolute Gasteiger partial charge is 0.263 e. The largest absolute Gasteiger partial charge is 0.494 e. The van der Waals surface area contributed by atoms with Crippen molar-refractivity contribution >= 4 is 34.8 Å². The molecule has 0 unspecified atom stereocenters. The maximum absolute atomic E-state index is 13.3. The summed E-state index contributed by atoms with van der Waals surface area (Å²) < 4.78 is 16.4. The Hall–Kier alpha value is -3.09. The zero-order chi connectivity index (χ0) is 22.3. The Morgan fingerprint density at radius 1 is 1.10 bits per heavy atom. The van der Waals surface area contributed by atoms with Crippen LogP contribution < -0.4 is 24.8 Å². The Morgan fingerprint density at radius 2 is 1.73 bits per heavy atom. The van der Waals surface area contributed by atoms with Crippen molar-refractivity contribution in [1.29, 1.82) is 0 Å². The Labute approximate surface area is 185 Å². The second kappa shape index (κ2) is 10.6. The number of carbonyl (C=O) groups excluding carboxylic acids is 1. The number of hydrogen-bond acceptors (Lipinski definition) is 5. The molecular formula is C22H22Cl2N2O4. The SMILES string of the molecule is C=C/C=C\C(C(=O)N(C)c1c(OC)cccc1OC)=C(/N)Oc1cc(Cl)ccc1Cl. The van der Waals surface area contributed by atoms with Gasteiger partial charge in [0.2, 0.25) is 5.88 Å². The number of benzene rings is 2. The van der Waals surface area contributed by atoms with E-state index < -0.39 is 5.91 Å². The summed E-state index contributed by atoms with van der Waals surface area (Å²) in [7, 11) is 4.58. The lowest BCUT2D eigenvalue weighted by molar-refractivity contribution is -0.114. The first-order valence-corrected chi connectivity index (χ1v) is 9.50. The number of likely N-dealkylation sites (N-methyl/N-ethyl adjacent to an activating group) is 1. The number of halogens is 2. The summed E-state index contributed by atoms with van der Waals surface area (Å²) >= 11 is 12.1. The Balaban J connectivity index is 2.52. The molecule has 8 heteroatoms. The number of anilines is 1. The second-order valence-corrected chi connectivity index (χ2v) is 6.77. The zero-order valence-corrected chi connectivity index (χ0v) is 18.3. The minimum Gasteiger partial charge on any atom is -0.494 e. The molecular weight excluding hydrogens is 427 g/mol. The van der Waals surface area contributed by atoms with E-state index in [0.29, 0.717) is 27.2 Å². The minimum atomic E-state index is -0.466. The number of carbonyl (C=O) groups is 1. The molecule has 6 nitrogen and oxygen atoms in total. The zero-order valence-electron chi connectivity index (χ0n) is 16.8. The standard InChI is InChI=1S/C22H22Cl2N2O4/c1-5-6-8-15(21(25)30-19-13-14(23)11-12-16(19)24)22(27)26(2)20-17(28-3)9-7-10-18(20)29-4/h5-13H,1,25H2,2-4H3/b8-6-,21-15-. The molecule has 0 saturated heterocycles. The highest BCUT2D eigenvalue weighted by Crippen LogP contribution is 2.38. The fraction of sp³-hybridized carbons (Fsp3) is 0.136. The average Bonchev–Trinajstić information content (AvgIpc) is 2.75. The lowest BCUT2D eigenvalue weighted by atomic mass is 10.1. The molecule has 0 saturated carbocycles. The van der Waals surface area contributed by atoms with Crippen LogP contribution in [0.4, 0.5) is 5.69 Å². The van der Waals surface area contributed by atoms with Gasteiger partial charge < -0.3 is 24.8 Å². The number of hydrogen-bond donors (Lipinski definition) is 1. The van der Waals surface area contributed by atoms with E-state index in [2.05, 4.69) is 6.58 Å². The quantitative estimate of drug-likeness (QED) is 0.350. The van der Waals surface area contributed by atoms with E-state index in [9.17, 15) is 4.79 Å². The predicted molar refractivity (Wildman–Crippen MR) is 121 cm³/mol. The number of nitrogens with zero attached hydrogens (tertiary/aromatic N) is 1. The summed E-state index contributed by atoms with van der Waals surface area (Å²) in [5.41, 5.74) is 6.63. The van der Waals surface area contributed by atoms with Gasteiger partial charge in [0.15, 0.2) is 0 Å². The van der Waals surface area contributed by atoms with Crippen LogP contribution in [-0.4, -0.2) is 27.2 Å². The molecule has 1 amide bonds. The van der Waals surface area contributed by atoms with Gasteiger partial charge in [0, 0.05) is 18.1 Å². The van der Waals surface area contributed by atoms with E-state index in [0.717, 1.165) is 0 Å². The summed E-state index contributed by atoms with van der Waals surface area (Å²) in [4.78, 5) is 14.7. The van der Waals surface area contributed by atoms with Crippen LogP contribution in [0.1, 0.15) is 0 Å². The van der Waals surface area contributed by atoms with Gasteiger partial charge in [-0.05, 0) is 30.3 Å². The van der Waals surface area contributed by atoms with Gasteiger partial charge in [0.05, 0.1) is 24.8 Å². The summed E-state index contributed by atoms with van der Waals surface area (Å²) in [6.45, 7) is 3.62. The minimum absolute atomic E-state index is 0.0707. The first kappa shape index (κ1) is 23.2. The third kappa shape index (κ3) is 5.28. The van der Waals surface area contributed by atoms with Gasteiger partial charge in [-0.3, -0.25) is 4.79 Å². The molecule has 0 radical (unpaired) electrons. The van der Waals surface area contributed by atoms with Crippen molar-refractivity contribution in [3.05, 3.63) is 82.7 Å². The van der Waals surface area contributed by atoms with Crippen molar-refractivity contribution in [2.45, 2.75) is 0 Å². The van der Waals surface area contributed by atoms with E-state index in [4.69, 9.17) is 43.1 Å². The molecule has 0 aliphatic heterocycles. The molecule has 2 rings (SSSR count). The summed E-state index contributed by atoms with van der Waals surface area (Å²) in [6.07, 6.45) is 4.56. The maximum Gasteiger partial charge on any atom is 0.263 e. The van der Waals surface area contributed by atoms with Crippen molar-refractivity contribution in [3.8, 4) is 17.2 Å². The van der Waals surface area contributed by atoms with Crippen LogP contribution in [0.15, 0.2) is 72.7 Å². The lowest BCUT2D eigenvalue weighted by Crippen LogP contribution is -2.30. The van der Waals surface area contributed by atoms with Gasteiger partial charge in [0.1, 0.15) is 22.9 Å². The number of allylic oxidation sites excluding steroid dienone is 2. The van der Waals surface area contributed by atoms with Crippen molar-refractivity contribution in [3.63, 3.8) is 0 Å². The summed E-state index contributed by atoms with van der Waals surface area (Å²) in [5.74, 6) is 0.496. The Morgan fingerprint density at radius 3 is 2.30 bits per heavy atom. The van der Waals surface area contributed by atoms with Crippen molar-refractivity contribution in [2.24, 2.45) is 5.73 Å². The van der Waals surface area contributed by atoms with Gasteiger partial charge in [-0.25, -0.2) is 0 Å². The third-order valence-corrected chi connectivity index (χ3v) is 4.60. The monoisotopic (exact) mass is 448 g/mol. The topological polar surface area (TPSA) is 74.0 Å². The number of methoxy groups -OCH3 is 2. The predicted octanol–water partition coefficient (Wildman–Crippen LogP) is 4.96. The van der Waals surface area contributed by atoms with E-state index in [1.165, 1.54) is 37.3 Å². The summed E-state index contributed by atoms with van der Waals surface area (Å²) in [5, 5.41) is 0.703. The fourth-order valence-corrected chi connectivity index (χ4v) is 2.91. The average molecular weight is 449 g/mol. The van der Waals surface area contributed by atoms with Crippen LogP contribution in [0.5, 0.6) is 17.2 Å². The second-order valence-electron chi connectivity index (χ2n) is 5.92. The van der Waals surface area contributed by atoms with Crippen LogP contribution in [0, 0.1) is 0 Å². The first-order chi connectivity index (χ1) is 14.3. The normalized spacial score (nSPS) is 11.6. The number of nitrogens with two attached hydrogens (primary N) is 1. The number of rotatable bonds is 8. The molecule has 0 aliphatic carbocycles. The van der Waals surface area contributed by atoms with E-state index in [-0.39, 0.29) is 17.2 Å². The fourth-order valence-electron chi connectivity index (χ4n) is 2.60. The number of para-hydroxylation sites is 1. The maximum atomic E-state index is 13.3. The third-order valence-electron chi connectivity index (χ3n) is 4.05. The van der Waals surface area contributed by atoms with Crippen LogP contribution >= 0.6 is 23.2 Å². The molecule has 30 heavy (non-hydrogen) atoms. The molecule has 0 atom stereocenters. The highest BCUT2D eigenvalue weighted by molar-refractivity contribution is 6.34. The Bertz CT molecular complexity index is 980. The van der Waals surface area contributed by atoms with Crippen molar-refractivity contribution in [1.82, 2.24) is 0 Å². The Kier molecular flexibility index (Phi) is 8.21. The van der Waals surface area contributed by atoms with Crippen molar-refractivity contribution < 1.29 is 19.0 Å². The van der Waals surface area contributed by atoms with E-state index >= 15 is 0 Å². The molecule has 0 aliphatic rings. The molecule has 2 aromatic rings. The molecule has 0 heterocycles. The van der Waals surface area contributed by atoms with Crippen molar-refractivity contribution in [2.75, 3.05) is 26.2 Å². The van der Waals surface area contributed by atoms with Crippen LogP contribution in [0.3, 0.4) is 0 Å². The van der Waals surface area contributed by atoms with Gasteiger partial charge >= 0.3 is 0 Å². The highest BCUT2D eigenvalue weighted by atomic mass is 35.5. The van der Waals surface area contributed by atoms with Gasteiger partial charge in [-0.15, -0.1) is 0 Å². The number of amides is 1. The molecule has 0 fully saturated rings. The van der Waals surface area contributed by atoms with Crippen LogP contribution in [0.2, 0.25) is 10.0 Å². The van der Waals surface area contributed by atoms with E-state index in [1.54, 1.807) is 43.5 Å². The van der Waals surface area contributed by atoms with Gasteiger partial charge in [-0.1, -0.05) is 48.0 Å². The van der Waals surface area contributed by atoms with Gasteiger partial charge in [0.25, 0.3) is 5.91 Å².